The first-order valence-electron chi connectivity index (χ1n) is 7.22. The van der Waals surface area contributed by atoms with E-state index in [0.717, 1.165) is 22.4 Å². The van der Waals surface area contributed by atoms with Crippen LogP contribution in [-0.4, -0.2) is 30.5 Å². The number of nitriles is 2. The van der Waals surface area contributed by atoms with Crippen molar-refractivity contribution in [2.75, 3.05) is 19.7 Å². The van der Waals surface area contributed by atoms with E-state index in [9.17, 15) is 4.79 Å². The van der Waals surface area contributed by atoms with Gasteiger partial charge in [-0.05, 0) is 31.9 Å². The second-order valence-corrected chi connectivity index (χ2v) is 5.21. The summed E-state index contributed by atoms with van der Waals surface area (Å²) in [6.45, 7) is 6.48. The third-order valence-electron chi connectivity index (χ3n) is 3.28. The second-order valence-electron chi connectivity index (χ2n) is 5.21. The fourth-order valence-electron chi connectivity index (χ4n) is 2.35. The molecule has 5 nitrogen and oxygen atoms in total. The predicted octanol–water partition coefficient (Wildman–Crippen LogP) is 2.65. The molecule has 0 aliphatic rings. The summed E-state index contributed by atoms with van der Waals surface area (Å²) >= 11 is 0. The first-order valence-corrected chi connectivity index (χ1v) is 7.22. The van der Waals surface area contributed by atoms with E-state index in [1.807, 2.05) is 45.0 Å². The molecule has 1 amide bonds. The minimum atomic E-state index is -0.204. The number of carbonyl (C=O) groups excluding carboxylic acids is 1. The Morgan fingerprint density at radius 1 is 1.09 bits per heavy atom. The van der Waals surface area contributed by atoms with Crippen molar-refractivity contribution in [1.29, 1.82) is 10.5 Å². The van der Waals surface area contributed by atoms with Gasteiger partial charge in [0.2, 0.25) is 0 Å². The van der Waals surface area contributed by atoms with Crippen LogP contribution in [0.3, 0.4) is 0 Å². The van der Waals surface area contributed by atoms with Gasteiger partial charge in [0.1, 0.15) is 5.75 Å². The molecule has 0 fully saturated rings. The van der Waals surface area contributed by atoms with Gasteiger partial charge in [-0.25, -0.2) is 0 Å². The molecule has 0 radical (unpaired) electrons. The molecule has 0 aromatic heterocycles. The van der Waals surface area contributed by atoms with Crippen molar-refractivity contribution in [3.8, 4) is 17.9 Å². The number of amides is 1. The van der Waals surface area contributed by atoms with E-state index in [1.165, 1.54) is 4.90 Å². The number of rotatable bonds is 7. The van der Waals surface area contributed by atoms with Crippen molar-refractivity contribution < 1.29 is 9.53 Å². The summed E-state index contributed by atoms with van der Waals surface area (Å²) in [5.41, 5.74) is 3.13. The van der Waals surface area contributed by atoms with Crippen LogP contribution in [0.4, 0.5) is 0 Å². The van der Waals surface area contributed by atoms with Crippen LogP contribution in [0, 0.1) is 43.4 Å². The highest BCUT2D eigenvalue weighted by Gasteiger charge is 2.15. The van der Waals surface area contributed by atoms with Crippen LogP contribution in [0.5, 0.6) is 5.75 Å². The summed E-state index contributed by atoms with van der Waals surface area (Å²) < 4.78 is 5.67. The van der Waals surface area contributed by atoms with E-state index in [-0.39, 0.29) is 25.4 Å². The molecule has 1 aromatic rings. The van der Waals surface area contributed by atoms with E-state index >= 15 is 0 Å². The van der Waals surface area contributed by atoms with Crippen molar-refractivity contribution in [3.63, 3.8) is 0 Å². The summed E-state index contributed by atoms with van der Waals surface area (Å²) in [5.74, 6) is 0.518. The molecule has 0 spiro atoms. The molecular formula is C17H21N3O2. The Kier molecular flexibility index (Phi) is 6.92. The maximum Gasteiger partial charge on any atom is 0.260 e. The highest BCUT2D eigenvalue weighted by atomic mass is 16.5. The Bertz CT molecular complexity index is 570. The molecule has 0 heterocycles. The van der Waals surface area contributed by atoms with Gasteiger partial charge in [0.05, 0.1) is 25.0 Å². The summed E-state index contributed by atoms with van der Waals surface area (Å²) in [4.78, 5) is 13.7. The van der Waals surface area contributed by atoms with Crippen molar-refractivity contribution in [2.45, 2.75) is 33.6 Å². The number of nitrogens with zero attached hydrogens (tertiary/aromatic N) is 3. The van der Waals surface area contributed by atoms with Crippen LogP contribution in [0.1, 0.15) is 29.5 Å². The van der Waals surface area contributed by atoms with Crippen LogP contribution >= 0.6 is 0 Å². The molecule has 22 heavy (non-hydrogen) atoms. The molecular weight excluding hydrogens is 278 g/mol. The zero-order valence-corrected chi connectivity index (χ0v) is 13.3. The maximum atomic E-state index is 12.2. The lowest BCUT2D eigenvalue weighted by Gasteiger charge is -2.21. The molecule has 0 unspecified atom stereocenters. The number of aryl methyl sites for hydroxylation is 3. The molecule has 0 saturated carbocycles. The zero-order valence-electron chi connectivity index (χ0n) is 13.3. The third-order valence-corrected chi connectivity index (χ3v) is 3.28. The lowest BCUT2D eigenvalue weighted by Crippen LogP contribution is -2.36. The summed E-state index contributed by atoms with van der Waals surface area (Å²) in [6.07, 6.45) is 0.500. The first kappa shape index (κ1) is 17.5. The Morgan fingerprint density at radius 3 is 2.05 bits per heavy atom. The van der Waals surface area contributed by atoms with Gasteiger partial charge in [-0.2, -0.15) is 10.5 Å². The minimum absolute atomic E-state index is 0.0817. The van der Waals surface area contributed by atoms with Crippen molar-refractivity contribution in [1.82, 2.24) is 4.90 Å². The van der Waals surface area contributed by atoms with Gasteiger partial charge in [0.25, 0.3) is 5.91 Å². The van der Waals surface area contributed by atoms with Crippen LogP contribution in [0.2, 0.25) is 0 Å². The number of carbonyl (C=O) groups is 1. The Morgan fingerprint density at radius 2 is 1.59 bits per heavy atom. The molecule has 1 aromatic carbocycles. The Balaban J connectivity index is 2.70. The van der Waals surface area contributed by atoms with Crippen LogP contribution in [-0.2, 0) is 4.79 Å². The molecule has 0 saturated heterocycles. The smallest absolute Gasteiger partial charge is 0.260 e. The van der Waals surface area contributed by atoms with Gasteiger partial charge in [0, 0.05) is 13.1 Å². The van der Waals surface area contributed by atoms with E-state index in [0.29, 0.717) is 13.1 Å². The van der Waals surface area contributed by atoms with E-state index < -0.39 is 0 Å². The lowest BCUT2D eigenvalue weighted by atomic mass is 10.1. The summed E-state index contributed by atoms with van der Waals surface area (Å²) in [6, 6.07) is 8.04. The van der Waals surface area contributed by atoms with Gasteiger partial charge in [-0.15, -0.1) is 0 Å². The molecule has 0 aliphatic carbocycles. The molecule has 0 aliphatic heterocycles. The molecule has 0 atom stereocenters. The minimum Gasteiger partial charge on any atom is -0.483 e. The fourth-order valence-corrected chi connectivity index (χ4v) is 2.35. The van der Waals surface area contributed by atoms with Gasteiger partial charge in [0.15, 0.2) is 6.61 Å². The normalized spacial score (nSPS) is 9.68. The molecule has 116 valence electrons. The summed E-state index contributed by atoms with van der Waals surface area (Å²) in [7, 11) is 0. The quantitative estimate of drug-likeness (QED) is 0.775. The highest BCUT2D eigenvalue weighted by molar-refractivity contribution is 5.78. The number of ether oxygens (including phenoxy) is 1. The highest BCUT2D eigenvalue weighted by Crippen LogP contribution is 2.24. The molecule has 5 heteroatoms. The topological polar surface area (TPSA) is 77.1 Å². The van der Waals surface area contributed by atoms with Crippen LogP contribution in [0.15, 0.2) is 12.1 Å². The average Bonchev–Trinajstić information content (AvgIpc) is 2.46. The summed E-state index contributed by atoms with van der Waals surface area (Å²) in [5, 5.41) is 17.3. The third kappa shape index (κ3) is 5.10. The van der Waals surface area contributed by atoms with E-state index in [2.05, 4.69) is 0 Å². The molecule has 1 rings (SSSR count). The Labute approximate surface area is 131 Å². The van der Waals surface area contributed by atoms with Gasteiger partial charge >= 0.3 is 0 Å². The number of benzene rings is 1. The van der Waals surface area contributed by atoms with Gasteiger partial charge in [-0.1, -0.05) is 17.7 Å². The zero-order chi connectivity index (χ0) is 16.5. The number of hydrogen-bond donors (Lipinski definition) is 0. The SMILES string of the molecule is Cc1cc(C)c(OCC(=O)N(CCC#N)CCC#N)c(C)c1. The largest absolute Gasteiger partial charge is 0.483 e. The van der Waals surface area contributed by atoms with Gasteiger partial charge < -0.3 is 9.64 Å². The van der Waals surface area contributed by atoms with Crippen molar-refractivity contribution >= 4 is 5.91 Å². The van der Waals surface area contributed by atoms with Gasteiger partial charge in [-0.3, -0.25) is 4.79 Å². The fraction of sp³-hybridized carbons (Fsp3) is 0.471. The van der Waals surface area contributed by atoms with E-state index in [4.69, 9.17) is 15.3 Å². The van der Waals surface area contributed by atoms with Crippen molar-refractivity contribution in [2.24, 2.45) is 0 Å². The maximum absolute atomic E-state index is 12.2. The number of hydrogen-bond acceptors (Lipinski definition) is 4. The lowest BCUT2D eigenvalue weighted by molar-refractivity contribution is -0.133. The molecule has 0 bridgehead atoms. The second kappa shape index (κ2) is 8.69. The standard InChI is InChI=1S/C17H21N3O2/c1-13-10-14(2)17(15(3)11-13)22-12-16(21)20(8-4-6-18)9-5-7-19/h10-11H,4-5,8-9,12H2,1-3H3. The van der Waals surface area contributed by atoms with Crippen LogP contribution < -0.4 is 4.74 Å². The first-order chi connectivity index (χ1) is 10.5. The molecule has 0 N–H and O–H groups in total. The average molecular weight is 299 g/mol. The predicted molar refractivity (Wildman–Crippen MR) is 83.2 cm³/mol. The van der Waals surface area contributed by atoms with E-state index in [1.54, 1.807) is 0 Å². The van der Waals surface area contributed by atoms with Crippen molar-refractivity contribution in [3.05, 3.63) is 28.8 Å². The van der Waals surface area contributed by atoms with Crippen LogP contribution in [0.25, 0.3) is 0 Å². The monoisotopic (exact) mass is 299 g/mol. The Hall–Kier alpha value is -2.53.